The van der Waals surface area contributed by atoms with Crippen molar-refractivity contribution in [2.75, 3.05) is 39.8 Å². The first-order valence-corrected chi connectivity index (χ1v) is 10.3. The molecule has 1 aliphatic heterocycles. The lowest BCUT2D eigenvalue weighted by Gasteiger charge is -2.36. The second kappa shape index (κ2) is 9.69. The monoisotopic (exact) mass is 371 g/mol. The maximum absolute atomic E-state index is 4.52. The van der Waals surface area contributed by atoms with E-state index in [0.717, 1.165) is 63.8 Å². The van der Waals surface area contributed by atoms with E-state index in [1.54, 1.807) is 11.3 Å². The van der Waals surface area contributed by atoms with Gasteiger partial charge in [0.05, 0.1) is 5.01 Å². The van der Waals surface area contributed by atoms with Gasteiger partial charge < -0.3 is 10.2 Å². The highest BCUT2D eigenvalue weighted by molar-refractivity contribution is 7.09. The fraction of sp³-hybridized carbons (Fsp3) is 0.500. The van der Waals surface area contributed by atoms with Crippen LogP contribution in [0.15, 0.2) is 40.7 Å². The fourth-order valence-corrected chi connectivity index (χ4v) is 4.07. The van der Waals surface area contributed by atoms with E-state index in [1.165, 1.54) is 10.6 Å². The Balaban J connectivity index is 1.38. The largest absolute Gasteiger partial charge is 0.356 e. The Morgan fingerprint density at radius 3 is 2.62 bits per heavy atom. The molecule has 2 heterocycles. The average Bonchev–Trinajstić information content (AvgIpc) is 3.09. The topological polar surface area (TPSA) is 43.8 Å². The molecule has 0 amide bonds. The third-order valence-electron chi connectivity index (χ3n) is 4.65. The molecule has 0 radical (unpaired) electrons. The van der Waals surface area contributed by atoms with Crippen molar-refractivity contribution in [2.45, 2.75) is 26.3 Å². The molecule has 0 saturated carbocycles. The summed E-state index contributed by atoms with van der Waals surface area (Å²) < 4.78 is 0. The molecular formula is C20H29N5S. The standard InChI is InChI=1S/C20H29N5S/c1-17-16-26-19(23-17)9-6-10-22-20(21-2)25-13-11-24(12-14-25)15-18-7-4-3-5-8-18/h3-5,7-8,16H,6,9-15H2,1-2H3,(H,21,22). The zero-order chi connectivity index (χ0) is 18.2. The van der Waals surface area contributed by atoms with Crippen molar-refractivity contribution >= 4 is 17.3 Å². The molecule has 5 nitrogen and oxygen atoms in total. The van der Waals surface area contributed by atoms with Crippen LogP contribution in [-0.2, 0) is 13.0 Å². The van der Waals surface area contributed by atoms with Crippen molar-refractivity contribution in [2.24, 2.45) is 4.99 Å². The third-order valence-corrected chi connectivity index (χ3v) is 5.68. The van der Waals surface area contributed by atoms with Gasteiger partial charge >= 0.3 is 0 Å². The van der Waals surface area contributed by atoms with E-state index in [0.29, 0.717) is 0 Å². The molecule has 0 spiro atoms. The number of rotatable bonds is 6. The third kappa shape index (κ3) is 5.54. The lowest BCUT2D eigenvalue weighted by Crippen LogP contribution is -2.52. The minimum atomic E-state index is 0.940. The minimum Gasteiger partial charge on any atom is -0.356 e. The van der Waals surface area contributed by atoms with Gasteiger partial charge in [0, 0.05) is 63.8 Å². The Kier molecular flexibility index (Phi) is 7.03. The molecule has 0 aliphatic carbocycles. The summed E-state index contributed by atoms with van der Waals surface area (Å²) in [7, 11) is 1.88. The van der Waals surface area contributed by atoms with Gasteiger partial charge in [-0.2, -0.15) is 0 Å². The average molecular weight is 372 g/mol. The Morgan fingerprint density at radius 2 is 1.96 bits per heavy atom. The van der Waals surface area contributed by atoms with E-state index in [1.807, 2.05) is 7.05 Å². The van der Waals surface area contributed by atoms with E-state index in [2.05, 4.69) is 67.7 Å². The summed E-state index contributed by atoms with van der Waals surface area (Å²) in [6, 6.07) is 10.7. The highest BCUT2D eigenvalue weighted by Crippen LogP contribution is 2.11. The maximum Gasteiger partial charge on any atom is 0.193 e. The van der Waals surface area contributed by atoms with Crippen LogP contribution in [0.4, 0.5) is 0 Å². The number of piperazine rings is 1. The van der Waals surface area contributed by atoms with Crippen LogP contribution in [0.5, 0.6) is 0 Å². The van der Waals surface area contributed by atoms with Gasteiger partial charge in [-0.05, 0) is 18.9 Å². The first-order valence-electron chi connectivity index (χ1n) is 9.37. The van der Waals surface area contributed by atoms with Crippen molar-refractivity contribution < 1.29 is 0 Å². The summed E-state index contributed by atoms with van der Waals surface area (Å²) >= 11 is 1.76. The van der Waals surface area contributed by atoms with Crippen LogP contribution in [0.3, 0.4) is 0 Å². The van der Waals surface area contributed by atoms with E-state index in [9.17, 15) is 0 Å². The van der Waals surface area contributed by atoms with Gasteiger partial charge in [0.25, 0.3) is 0 Å². The van der Waals surface area contributed by atoms with Gasteiger partial charge in [0.1, 0.15) is 0 Å². The number of hydrogen-bond donors (Lipinski definition) is 1. The smallest absolute Gasteiger partial charge is 0.193 e. The minimum absolute atomic E-state index is 0.940. The van der Waals surface area contributed by atoms with Gasteiger partial charge in [-0.1, -0.05) is 30.3 Å². The molecule has 1 saturated heterocycles. The van der Waals surface area contributed by atoms with E-state index in [-0.39, 0.29) is 0 Å². The van der Waals surface area contributed by atoms with Gasteiger partial charge in [0.2, 0.25) is 0 Å². The fourth-order valence-electron chi connectivity index (χ4n) is 3.25. The second-order valence-electron chi connectivity index (χ2n) is 6.71. The summed E-state index contributed by atoms with van der Waals surface area (Å²) in [5.41, 5.74) is 2.52. The summed E-state index contributed by atoms with van der Waals surface area (Å²) in [6.07, 6.45) is 2.12. The molecule has 26 heavy (non-hydrogen) atoms. The number of aliphatic imine (C=N–C) groups is 1. The predicted molar refractivity (Wildman–Crippen MR) is 110 cm³/mol. The van der Waals surface area contributed by atoms with E-state index in [4.69, 9.17) is 0 Å². The highest BCUT2D eigenvalue weighted by atomic mass is 32.1. The van der Waals surface area contributed by atoms with Crippen molar-refractivity contribution in [3.05, 3.63) is 52.0 Å². The number of nitrogens with zero attached hydrogens (tertiary/aromatic N) is 4. The Morgan fingerprint density at radius 1 is 1.19 bits per heavy atom. The first-order chi connectivity index (χ1) is 12.7. The number of aromatic nitrogens is 1. The molecule has 3 rings (SSSR count). The molecule has 1 aromatic heterocycles. The van der Waals surface area contributed by atoms with Gasteiger partial charge in [0.15, 0.2) is 5.96 Å². The Hall–Kier alpha value is -1.92. The van der Waals surface area contributed by atoms with Crippen LogP contribution in [0, 0.1) is 6.92 Å². The molecule has 1 fully saturated rings. The van der Waals surface area contributed by atoms with Gasteiger partial charge in [-0.3, -0.25) is 9.89 Å². The van der Waals surface area contributed by atoms with Gasteiger partial charge in [-0.15, -0.1) is 11.3 Å². The van der Waals surface area contributed by atoms with Crippen LogP contribution in [-0.4, -0.2) is 60.5 Å². The molecule has 2 aromatic rings. The van der Waals surface area contributed by atoms with Crippen molar-refractivity contribution in [1.29, 1.82) is 0 Å². The molecule has 6 heteroatoms. The summed E-state index contributed by atoms with van der Waals surface area (Å²) in [5, 5.41) is 6.87. The molecule has 0 atom stereocenters. The van der Waals surface area contributed by atoms with Crippen molar-refractivity contribution in [3.8, 4) is 0 Å². The van der Waals surface area contributed by atoms with Crippen LogP contribution < -0.4 is 5.32 Å². The normalized spacial score (nSPS) is 16.1. The zero-order valence-corrected chi connectivity index (χ0v) is 16.6. The van der Waals surface area contributed by atoms with Gasteiger partial charge in [-0.25, -0.2) is 4.98 Å². The van der Waals surface area contributed by atoms with E-state index < -0.39 is 0 Å². The molecule has 1 aromatic carbocycles. The second-order valence-corrected chi connectivity index (χ2v) is 7.65. The summed E-state index contributed by atoms with van der Waals surface area (Å²) in [5.74, 6) is 1.03. The zero-order valence-electron chi connectivity index (χ0n) is 15.8. The van der Waals surface area contributed by atoms with Crippen LogP contribution in [0.2, 0.25) is 0 Å². The molecule has 0 unspecified atom stereocenters. The SMILES string of the molecule is CN=C(NCCCc1nc(C)cs1)N1CCN(Cc2ccccc2)CC1. The first kappa shape index (κ1) is 18.9. The molecule has 1 N–H and O–H groups in total. The predicted octanol–water partition coefficient (Wildman–Crippen LogP) is 2.78. The molecule has 140 valence electrons. The number of benzene rings is 1. The number of nitrogens with one attached hydrogen (secondary N) is 1. The molecule has 1 aliphatic rings. The van der Waals surface area contributed by atoms with E-state index >= 15 is 0 Å². The summed E-state index contributed by atoms with van der Waals surface area (Å²) in [6.45, 7) is 8.24. The highest BCUT2D eigenvalue weighted by Gasteiger charge is 2.19. The number of aryl methyl sites for hydroxylation is 2. The number of guanidine groups is 1. The lowest BCUT2D eigenvalue weighted by atomic mass is 10.2. The van der Waals surface area contributed by atoms with Crippen molar-refractivity contribution in [3.63, 3.8) is 0 Å². The molecule has 0 bridgehead atoms. The Labute approximate surface area is 160 Å². The van der Waals surface area contributed by atoms with Crippen molar-refractivity contribution in [1.82, 2.24) is 20.1 Å². The Bertz CT molecular complexity index is 689. The summed E-state index contributed by atoms with van der Waals surface area (Å²) in [4.78, 5) is 13.9. The lowest BCUT2D eigenvalue weighted by molar-refractivity contribution is 0.172. The number of hydrogen-bond acceptors (Lipinski definition) is 4. The van der Waals surface area contributed by atoms with Crippen LogP contribution in [0.1, 0.15) is 22.7 Å². The van der Waals surface area contributed by atoms with Crippen LogP contribution >= 0.6 is 11.3 Å². The quantitative estimate of drug-likeness (QED) is 0.482. The maximum atomic E-state index is 4.52. The van der Waals surface area contributed by atoms with Crippen LogP contribution in [0.25, 0.3) is 0 Å². The molecular weight excluding hydrogens is 342 g/mol. The number of thiazole rings is 1.